The van der Waals surface area contributed by atoms with Crippen molar-refractivity contribution < 1.29 is 32.4 Å². The molecule has 0 spiro atoms. The van der Waals surface area contributed by atoms with Crippen molar-refractivity contribution >= 4 is 39.9 Å². The van der Waals surface area contributed by atoms with E-state index in [2.05, 4.69) is 52.2 Å². The van der Waals surface area contributed by atoms with Crippen molar-refractivity contribution in [3.8, 4) is 10.7 Å². The van der Waals surface area contributed by atoms with E-state index < -0.39 is 12.1 Å². The standard InChI is InChI=1S/C21H27N5O2S.C2HF3O2/c1-14(2)6-7-22-20(27)18-13-23-21(29-18)19-16-5-4-15(12-17(16)28-24-19)26-10-8-25(3)9-11-26;3-2(4,5)1(6)7/h4-5,12-14H,6-11H2,1-3H3,(H,22,27);(H,6,7). The minimum Gasteiger partial charge on any atom is -0.475 e. The van der Waals surface area contributed by atoms with Gasteiger partial charge in [-0.05, 0) is 31.5 Å². The van der Waals surface area contributed by atoms with Crippen LogP contribution in [0.1, 0.15) is 29.9 Å². The fourth-order valence-corrected chi connectivity index (χ4v) is 4.22. The highest BCUT2D eigenvalue weighted by molar-refractivity contribution is 7.17. The van der Waals surface area contributed by atoms with Gasteiger partial charge in [-0.3, -0.25) is 4.79 Å². The molecule has 9 nitrogen and oxygen atoms in total. The zero-order valence-corrected chi connectivity index (χ0v) is 20.9. The van der Waals surface area contributed by atoms with E-state index in [1.54, 1.807) is 6.20 Å². The quantitative estimate of drug-likeness (QED) is 0.493. The van der Waals surface area contributed by atoms with Crippen molar-refractivity contribution in [3.05, 3.63) is 29.3 Å². The number of nitrogens with one attached hydrogen (secondary N) is 1. The number of benzene rings is 1. The number of amides is 1. The molecule has 196 valence electrons. The number of nitrogens with zero attached hydrogens (tertiary/aromatic N) is 4. The van der Waals surface area contributed by atoms with E-state index >= 15 is 0 Å². The molecule has 3 aromatic rings. The minimum absolute atomic E-state index is 0.0837. The Morgan fingerprint density at radius 2 is 1.89 bits per heavy atom. The Morgan fingerprint density at radius 1 is 1.22 bits per heavy atom. The van der Waals surface area contributed by atoms with Gasteiger partial charge in [0, 0.05) is 44.5 Å². The van der Waals surface area contributed by atoms with Gasteiger partial charge in [-0.2, -0.15) is 13.2 Å². The van der Waals surface area contributed by atoms with E-state index in [4.69, 9.17) is 14.4 Å². The number of carboxylic acid groups (broad SMARTS) is 1. The number of hydrogen-bond donors (Lipinski definition) is 2. The summed E-state index contributed by atoms with van der Waals surface area (Å²) in [7, 11) is 2.15. The van der Waals surface area contributed by atoms with Crippen molar-refractivity contribution in [2.75, 3.05) is 44.7 Å². The van der Waals surface area contributed by atoms with Crippen LogP contribution in [0.4, 0.5) is 18.9 Å². The molecular formula is C23H28F3N5O4S. The Morgan fingerprint density at radius 3 is 2.50 bits per heavy atom. The average molecular weight is 528 g/mol. The third-order valence-corrected chi connectivity index (χ3v) is 6.51. The van der Waals surface area contributed by atoms with E-state index in [9.17, 15) is 18.0 Å². The normalized spacial score (nSPS) is 14.6. The minimum atomic E-state index is -5.08. The lowest BCUT2D eigenvalue weighted by atomic mass is 10.1. The molecule has 0 bridgehead atoms. The van der Waals surface area contributed by atoms with Crippen molar-refractivity contribution in [3.63, 3.8) is 0 Å². The van der Waals surface area contributed by atoms with Gasteiger partial charge in [-0.1, -0.05) is 19.0 Å². The molecule has 13 heteroatoms. The monoisotopic (exact) mass is 527 g/mol. The number of halogens is 3. The zero-order valence-electron chi connectivity index (χ0n) is 20.1. The van der Waals surface area contributed by atoms with Crippen molar-refractivity contribution in [1.29, 1.82) is 0 Å². The van der Waals surface area contributed by atoms with E-state index in [-0.39, 0.29) is 5.91 Å². The maximum Gasteiger partial charge on any atom is 0.490 e. The summed E-state index contributed by atoms with van der Waals surface area (Å²) in [5, 5.41) is 15.9. The first-order chi connectivity index (χ1) is 17.0. The van der Waals surface area contributed by atoms with Crippen LogP contribution in [0.25, 0.3) is 21.7 Å². The molecule has 4 rings (SSSR count). The van der Waals surface area contributed by atoms with Crippen molar-refractivity contribution in [2.45, 2.75) is 26.4 Å². The number of anilines is 1. The largest absolute Gasteiger partial charge is 0.490 e. The number of aromatic nitrogens is 2. The fourth-order valence-electron chi connectivity index (χ4n) is 3.39. The number of thiazole rings is 1. The molecule has 1 amide bonds. The summed E-state index contributed by atoms with van der Waals surface area (Å²) < 4.78 is 37.3. The van der Waals surface area contributed by atoms with Crippen LogP contribution < -0.4 is 10.2 Å². The number of carboxylic acids is 1. The molecule has 2 N–H and O–H groups in total. The second kappa shape index (κ2) is 11.7. The number of fused-ring (bicyclic) bond motifs is 1. The fraction of sp³-hybridized carbons (Fsp3) is 0.478. The van der Waals surface area contributed by atoms with Gasteiger partial charge in [0.25, 0.3) is 5.91 Å². The number of hydrogen-bond acceptors (Lipinski definition) is 8. The van der Waals surface area contributed by atoms with Crippen LogP contribution in [0.15, 0.2) is 28.9 Å². The summed E-state index contributed by atoms with van der Waals surface area (Å²) in [5.74, 6) is -2.28. The Labute approximate surface area is 209 Å². The number of alkyl halides is 3. The molecule has 3 heterocycles. The highest BCUT2D eigenvalue weighted by Gasteiger charge is 2.38. The highest BCUT2D eigenvalue weighted by Crippen LogP contribution is 2.33. The lowest BCUT2D eigenvalue weighted by molar-refractivity contribution is -0.192. The second-order valence-electron chi connectivity index (χ2n) is 8.77. The first-order valence-electron chi connectivity index (χ1n) is 11.3. The number of piperazine rings is 1. The second-order valence-corrected chi connectivity index (χ2v) is 9.80. The Balaban J connectivity index is 0.000000454. The summed E-state index contributed by atoms with van der Waals surface area (Å²) in [6.45, 7) is 9.08. The molecule has 36 heavy (non-hydrogen) atoms. The van der Waals surface area contributed by atoms with Crippen LogP contribution in [0.3, 0.4) is 0 Å². The number of carbonyl (C=O) groups excluding carboxylic acids is 1. The number of likely N-dealkylation sites (N-methyl/N-ethyl adjacent to an activating group) is 1. The Bertz CT molecular complexity index is 1190. The van der Waals surface area contributed by atoms with Gasteiger partial charge in [-0.25, -0.2) is 9.78 Å². The third kappa shape index (κ3) is 7.17. The topological polar surface area (TPSA) is 112 Å². The molecule has 1 fully saturated rings. The summed E-state index contributed by atoms with van der Waals surface area (Å²) >= 11 is 1.34. The number of rotatable bonds is 6. The third-order valence-electron chi connectivity index (χ3n) is 5.51. The maximum absolute atomic E-state index is 12.3. The van der Waals surface area contributed by atoms with Crippen LogP contribution in [-0.2, 0) is 4.79 Å². The molecule has 0 radical (unpaired) electrons. The molecule has 1 aliphatic rings. The van der Waals surface area contributed by atoms with Gasteiger partial charge in [0.1, 0.15) is 15.6 Å². The van der Waals surface area contributed by atoms with Gasteiger partial charge in [0.05, 0.1) is 11.6 Å². The van der Waals surface area contributed by atoms with Gasteiger partial charge in [0.15, 0.2) is 5.58 Å². The van der Waals surface area contributed by atoms with Gasteiger partial charge in [0.2, 0.25) is 0 Å². The van der Waals surface area contributed by atoms with Crippen LogP contribution in [0, 0.1) is 5.92 Å². The maximum atomic E-state index is 12.3. The summed E-state index contributed by atoms with van der Waals surface area (Å²) in [6.07, 6.45) is -2.51. The molecular weight excluding hydrogens is 499 g/mol. The first-order valence-corrected chi connectivity index (χ1v) is 12.1. The van der Waals surface area contributed by atoms with Crippen LogP contribution >= 0.6 is 11.3 Å². The van der Waals surface area contributed by atoms with E-state index in [0.717, 1.165) is 49.3 Å². The van der Waals surface area contributed by atoms with Crippen LogP contribution in [0.5, 0.6) is 0 Å². The average Bonchev–Trinajstić information content (AvgIpc) is 3.46. The van der Waals surface area contributed by atoms with Gasteiger partial charge in [-0.15, -0.1) is 11.3 Å². The van der Waals surface area contributed by atoms with E-state index in [1.807, 2.05) is 12.1 Å². The summed E-state index contributed by atoms with van der Waals surface area (Å²) in [6, 6.07) is 6.20. The lowest BCUT2D eigenvalue weighted by Crippen LogP contribution is -2.44. The highest BCUT2D eigenvalue weighted by atomic mass is 32.1. The summed E-state index contributed by atoms with van der Waals surface area (Å²) in [4.78, 5) is 30.9. The molecule has 0 atom stereocenters. The number of carbonyl (C=O) groups is 2. The molecule has 2 aromatic heterocycles. The Hall–Kier alpha value is -3.19. The first kappa shape index (κ1) is 27.4. The van der Waals surface area contributed by atoms with E-state index in [0.29, 0.717) is 28.0 Å². The molecule has 0 aliphatic carbocycles. The van der Waals surface area contributed by atoms with Gasteiger partial charge < -0.3 is 24.7 Å². The van der Waals surface area contributed by atoms with Crippen molar-refractivity contribution in [2.24, 2.45) is 5.92 Å². The lowest BCUT2D eigenvalue weighted by Gasteiger charge is -2.33. The number of aliphatic carboxylic acids is 1. The zero-order chi connectivity index (χ0) is 26.5. The summed E-state index contributed by atoms with van der Waals surface area (Å²) in [5.41, 5.74) is 2.59. The van der Waals surface area contributed by atoms with Crippen molar-refractivity contribution in [1.82, 2.24) is 20.4 Å². The smallest absolute Gasteiger partial charge is 0.475 e. The molecule has 0 unspecified atom stereocenters. The molecule has 1 aromatic carbocycles. The molecule has 1 aliphatic heterocycles. The molecule has 0 saturated carbocycles. The van der Waals surface area contributed by atoms with Crippen LogP contribution in [0.2, 0.25) is 0 Å². The SMILES string of the molecule is CC(C)CCNC(=O)c1cnc(-c2noc3cc(N4CCN(C)CC4)ccc23)s1.O=C(O)C(F)(F)F. The Kier molecular flexibility index (Phi) is 8.90. The predicted octanol–water partition coefficient (Wildman–Crippen LogP) is 4.11. The molecule has 1 saturated heterocycles. The van der Waals surface area contributed by atoms with Crippen LogP contribution in [-0.4, -0.2) is 78.0 Å². The van der Waals surface area contributed by atoms with E-state index in [1.165, 1.54) is 11.3 Å². The van der Waals surface area contributed by atoms with Gasteiger partial charge >= 0.3 is 12.1 Å². The predicted molar refractivity (Wildman–Crippen MR) is 130 cm³/mol.